The smallest absolute Gasteiger partial charge is 0.234 e. The number of anilines is 1. The van der Waals surface area contributed by atoms with Crippen LogP contribution in [0, 0.1) is 18.3 Å². The molecule has 0 spiro atoms. The van der Waals surface area contributed by atoms with Crippen molar-refractivity contribution in [1.82, 2.24) is 9.88 Å². The van der Waals surface area contributed by atoms with E-state index in [1.54, 1.807) is 6.07 Å². The van der Waals surface area contributed by atoms with Gasteiger partial charge in [-0.1, -0.05) is 23.9 Å². The second-order valence-corrected chi connectivity index (χ2v) is 9.57. The molecule has 7 nitrogen and oxygen atoms in total. The summed E-state index contributed by atoms with van der Waals surface area (Å²) >= 11 is 1.26. The molecule has 174 valence electrons. The van der Waals surface area contributed by atoms with E-state index >= 15 is 0 Å². The van der Waals surface area contributed by atoms with E-state index in [0.29, 0.717) is 40.8 Å². The summed E-state index contributed by atoms with van der Waals surface area (Å²) in [6, 6.07) is 13.8. The predicted molar refractivity (Wildman–Crippen MR) is 132 cm³/mol. The van der Waals surface area contributed by atoms with Crippen LogP contribution >= 0.6 is 11.8 Å². The highest BCUT2D eigenvalue weighted by molar-refractivity contribution is 8.00. The van der Waals surface area contributed by atoms with Gasteiger partial charge < -0.3 is 14.8 Å². The van der Waals surface area contributed by atoms with Gasteiger partial charge in [0, 0.05) is 23.7 Å². The minimum atomic E-state index is -0.131. The summed E-state index contributed by atoms with van der Waals surface area (Å²) in [6.07, 6.45) is 2.55. The monoisotopic (exact) mass is 474 g/mol. The van der Waals surface area contributed by atoms with Gasteiger partial charge in [0.25, 0.3) is 0 Å². The Labute approximate surface area is 203 Å². The van der Waals surface area contributed by atoms with Crippen molar-refractivity contribution in [3.8, 4) is 17.6 Å². The zero-order valence-electron chi connectivity index (χ0n) is 19.1. The summed E-state index contributed by atoms with van der Waals surface area (Å²) in [5, 5.41) is 13.9. The maximum atomic E-state index is 12.7. The average Bonchev–Trinajstić information content (AvgIpc) is 3.35. The van der Waals surface area contributed by atoms with Crippen molar-refractivity contribution in [2.24, 2.45) is 0 Å². The molecule has 0 unspecified atom stereocenters. The van der Waals surface area contributed by atoms with E-state index in [4.69, 9.17) is 9.47 Å². The first-order valence-corrected chi connectivity index (χ1v) is 12.5. The number of aromatic nitrogens is 1. The van der Waals surface area contributed by atoms with Gasteiger partial charge in [0.15, 0.2) is 11.5 Å². The highest BCUT2D eigenvalue weighted by atomic mass is 32.2. The molecule has 2 aromatic carbocycles. The van der Waals surface area contributed by atoms with Gasteiger partial charge in [-0.15, -0.1) is 0 Å². The van der Waals surface area contributed by atoms with Crippen molar-refractivity contribution in [3.63, 3.8) is 0 Å². The van der Waals surface area contributed by atoms with E-state index in [9.17, 15) is 10.1 Å². The molecule has 1 fully saturated rings. The van der Waals surface area contributed by atoms with Crippen LogP contribution in [0.1, 0.15) is 29.5 Å². The first kappa shape index (κ1) is 22.5. The van der Waals surface area contributed by atoms with Crippen molar-refractivity contribution in [2.75, 3.05) is 37.4 Å². The molecule has 0 atom stereocenters. The minimum Gasteiger partial charge on any atom is -0.486 e. The van der Waals surface area contributed by atoms with Gasteiger partial charge in [-0.05, 0) is 62.2 Å². The van der Waals surface area contributed by atoms with Gasteiger partial charge in [-0.3, -0.25) is 9.69 Å². The molecule has 2 aliphatic heterocycles. The molecule has 3 aromatic rings. The van der Waals surface area contributed by atoms with E-state index < -0.39 is 0 Å². The van der Waals surface area contributed by atoms with Crippen molar-refractivity contribution >= 4 is 34.3 Å². The number of benzene rings is 2. The fraction of sp³-hybridized carbons (Fsp3) is 0.346. The van der Waals surface area contributed by atoms with Crippen LogP contribution in [0.5, 0.6) is 11.5 Å². The number of rotatable bonds is 6. The normalized spacial score (nSPS) is 15.3. The van der Waals surface area contributed by atoms with Crippen molar-refractivity contribution < 1.29 is 14.3 Å². The quantitative estimate of drug-likeness (QED) is 0.526. The summed E-state index contributed by atoms with van der Waals surface area (Å²) in [5.74, 6) is 1.33. The molecule has 0 saturated carbocycles. The maximum Gasteiger partial charge on any atom is 0.234 e. The number of carbonyl (C=O) groups excluding carboxylic acids is 1. The number of nitrogens with zero attached hydrogens (tertiary/aromatic N) is 3. The fourth-order valence-corrected chi connectivity index (χ4v) is 5.13. The highest BCUT2D eigenvalue weighted by Crippen LogP contribution is 2.35. The number of nitriles is 1. The molecule has 8 heteroatoms. The van der Waals surface area contributed by atoms with Crippen molar-refractivity contribution in [2.45, 2.75) is 31.3 Å². The Bertz CT molecular complexity index is 1280. The largest absolute Gasteiger partial charge is 0.486 e. The van der Waals surface area contributed by atoms with E-state index in [-0.39, 0.29) is 11.7 Å². The average molecular weight is 475 g/mol. The van der Waals surface area contributed by atoms with Crippen LogP contribution in [0.15, 0.2) is 41.4 Å². The third-order valence-electron chi connectivity index (χ3n) is 6.07. The number of ether oxygens (including phenoxy) is 2. The van der Waals surface area contributed by atoms with Crippen LogP contribution in [0.4, 0.5) is 5.69 Å². The standard InChI is InChI=1S/C26H26N4O3S/c1-17-10-18(15-30-6-2-3-7-30)4-5-21(17)28-25(31)16-34-26-20(14-27)11-19-12-23-24(13-22(19)29-26)33-9-8-32-23/h4-5,10-13H,2-3,6-9,15-16H2,1H3,(H,28,31). The Morgan fingerprint density at radius 3 is 2.65 bits per heavy atom. The maximum absolute atomic E-state index is 12.7. The lowest BCUT2D eigenvalue weighted by atomic mass is 10.1. The molecule has 0 aliphatic carbocycles. The third-order valence-corrected chi connectivity index (χ3v) is 7.07. The molecular formula is C26H26N4O3S. The SMILES string of the molecule is Cc1cc(CN2CCCC2)ccc1NC(=O)CSc1nc2cc3c(cc2cc1C#N)OCCO3. The van der Waals surface area contributed by atoms with Crippen LogP contribution in [0.2, 0.25) is 0 Å². The number of likely N-dealkylation sites (tertiary alicyclic amines) is 1. The Morgan fingerprint density at radius 2 is 1.91 bits per heavy atom. The Balaban J connectivity index is 1.25. The Kier molecular flexibility index (Phi) is 6.57. The predicted octanol–water partition coefficient (Wildman–Crippen LogP) is 4.51. The van der Waals surface area contributed by atoms with Crippen LogP contribution < -0.4 is 14.8 Å². The number of fused-ring (bicyclic) bond motifs is 2. The van der Waals surface area contributed by atoms with Crippen LogP contribution in [0.3, 0.4) is 0 Å². The molecule has 1 aromatic heterocycles. The minimum absolute atomic E-state index is 0.131. The summed E-state index contributed by atoms with van der Waals surface area (Å²) in [7, 11) is 0. The van der Waals surface area contributed by atoms with E-state index in [2.05, 4.69) is 33.4 Å². The number of aryl methyl sites for hydroxylation is 1. The molecule has 1 N–H and O–H groups in total. The molecule has 5 rings (SSSR count). The van der Waals surface area contributed by atoms with E-state index in [1.165, 1.54) is 30.2 Å². The Morgan fingerprint density at radius 1 is 1.15 bits per heavy atom. The van der Waals surface area contributed by atoms with Gasteiger partial charge in [-0.2, -0.15) is 5.26 Å². The van der Waals surface area contributed by atoms with Gasteiger partial charge in [0.1, 0.15) is 24.3 Å². The van der Waals surface area contributed by atoms with Gasteiger partial charge in [-0.25, -0.2) is 4.98 Å². The van der Waals surface area contributed by atoms with Crippen molar-refractivity contribution in [3.05, 3.63) is 53.1 Å². The van der Waals surface area contributed by atoms with Gasteiger partial charge in [0.05, 0.1) is 16.8 Å². The molecule has 1 amide bonds. The van der Waals surface area contributed by atoms with Crippen LogP contribution in [0.25, 0.3) is 10.9 Å². The number of hydrogen-bond acceptors (Lipinski definition) is 7. The molecule has 2 aliphatic rings. The van der Waals surface area contributed by atoms with Crippen LogP contribution in [-0.2, 0) is 11.3 Å². The lowest BCUT2D eigenvalue weighted by Gasteiger charge is -2.19. The third kappa shape index (κ3) is 4.96. The number of hydrogen-bond donors (Lipinski definition) is 1. The number of carbonyl (C=O) groups is 1. The lowest BCUT2D eigenvalue weighted by Crippen LogP contribution is -2.19. The number of pyridine rings is 1. The number of thioether (sulfide) groups is 1. The highest BCUT2D eigenvalue weighted by Gasteiger charge is 2.17. The number of amides is 1. The van der Waals surface area contributed by atoms with Gasteiger partial charge in [0.2, 0.25) is 5.91 Å². The van der Waals surface area contributed by atoms with Crippen molar-refractivity contribution in [1.29, 1.82) is 5.26 Å². The number of nitrogens with one attached hydrogen (secondary N) is 1. The fourth-order valence-electron chi connectivity index (χ4n) is 4.37. The zero-order valence-corrected chi connectivity index (χ0v) is 19.9. The summed E-state index contributed by atoms with van der Waals surface area (Å²) in [6.45, 7) is 6.28. The lowest BCUT2D eigenvalue weighted by molar-refractivity contribution is -0.113. The zero-order chi connectivity index (χ0) is 23.5. The summed E-state index contributed by atoms with van der Waals surface area (Å²) < 4.78 is 11.3. The first-order chi connectivity index (χ1) is 16.6. The molecule has 1 saturated heterocycles. The Hall–Kier alpha value is -3.28. The molecular weight excluding hydrogens is 448 g/mol. The van der Waals surface area contributed by atoms with Gasteiger partial charge >= 0.3 is 0 Å². The molecule has 0 bridgehead atoms. The van der Waals surface area contributed by atoms with E-state index in [0.717, 1.165) is 36.3 Å². The molecule has 0 radical (unpaired) electrons. The second kappa shape index (κ2) is 9.92. The van der Waals surface area contributed by atoms with E-state index in [1.807, 2.05) is 25.1 Å². The summed E-state index contributed by atoms with van der Waals surface area (Å²) in [5.41, 5.74) is 4.26. The first-order valence-electron chi connectivity index (χ1n) is 11.5. The molecule has 34 heavy (non-hydrogen) atoms. The second-order valence-electron chi connectivity index (χ2n) is 8.61. The van der Waals surface area contributed by atoms with Crippen LogP contribution in [-0.4, -0.2) is 47.8 Å². The topological polar surface area (TPSA) is 87.5 Å². The summed E-state index contributed by atoms with van der Waals surface area (Å²) in [4.78, 5) is 19.8. The molecule has 3 heterocycles.